The highest BCUT2D eigenvalue weighted by Gasteiger charge is 2.27. The fourth-order valence-electron chi connectivity index (χ4n) is 3.56. The van der Waals surface area contributed by atoms with Crippen LogP contribution in [0.1, 0.15) is 39.2 Å². The first-order valence-electron chi connectivity index (χ1n) is 10.0. The summed E-state index contributed by atoms with van der Waals surface area (Å²) < 4.78 is 0. The van der Waals surface area contributed by atoms with E-state index in [1.165, 1.54) is 4.90 Å². The molecule has 29 heavy (non-hydrogen) atoms. The number of amides is 2. The van der Waals surface area contributed by atoms with E-state index in [9.17, 15) is 9.59 Å². The van der Waals surface area contributed by atoms with Gasteiger partial charge >= 0.3 is 0 Å². The van der Waals surface area contributed by atoms with E-state index < -0.39 is 0 Å². The van der Waals surface area contributed by atoms with Crippen molar-refractivity contribution in [2.24, 2.45) is 5.92 Å². The molecule has 1 aromatic carbocycles. The van der Waals surface area contributed by atoms with Crippen LogP contribution in [-0.4, -0.2) is 46.0 Å². The van der Waals surface area contributed by atoms with E-state index >= 15 is 0 Å². The standard InChI is InChI=1S/C22H29N5O2/c1-22(2,3)24-21(29)18-9-12-26(13-10-18)15-17-6-4-7-19(14-17)27(16-28)20-8-5-11-23-25-20/h4-8,11,14,16,18H,9-10,12-13,15H2,1-3H3,(H,24,29). The number of nitrogens with zero attached hydrogens (tertiary/aromatic N) is 4. The third kappa shape index (κ3) is 5.84. The monoisotopic (exact) mass is 395 g/mol. The molecule has 1 N–H and O–H groups in total. The first-order chi connectivity index (χ1) is 13.9. The predicted octanol–water partition coefficient (Wildman–Crippen LogP) is 2.90. The van der Waals surface area contributed by atoms with Crippen LogP contribution in [0.25, 0.3) is 0 Å². The molecule has 2 amide bonds. The van der Waals surface area contributed by atoms with Crippen LogP contribution >= 0.6 is 0 Å². The largest absolute Gasteiger partial charge is 0.351 e. The summed E-state index contributed by atoms with van der Waals surface area (Å²) in [7, 11) is 0. The van der Waals surface area contributed by atoms with Crippen LogP contribution in [0.4, 0.5) is 11.5 Å². The molecule has 0 unspecified atom stereocenters. The molecule has 0 bridgehead atoms. The van der Waals surface area contributed by atoms with Gasteiger partial charge < -0.3 is 5.32 Å². The molecule has 1 saturated heterocycles. The lowest BCUT2D eigenvalue weighted by Gasteiger charge is -2.33. The molecule has 0 atom stereocenters. The number of benzene rings is 1. The molecule has 154 valence electrons. The smallest absolute Gasteiger partial charge is 0.223 e. The van der Waals surface area contributed by atoms with E-state index in [4.69, 9.17) is 0 Å². The lowest BCUT2D eigenvalue weighted by molar-refractivity contribution is -0.128. The van der Waals surface area contributed by atoms with E-state index in [1.807, 2.05) is 39.0 Å². The van der Waals surface area contributed by atoms with Gasteiger partial charge in [0.1, 0.15) is 0 Å². The van der Waals surface area contributed by atoms with Gasteiger partial charge in [0.2, 0.25) is 12.3 Å². The van der Waals surface area contributed by atoms with Crippen molar-refractivity contribution in [3.8, 4) is 0 Å². The minimum atomic E-state index is -0.192. The zero-order chi connectivity index (χ0) is 20.9. The minimum Gasteiger partial charge on any atom is -0.351 e. The third-order valence-electron chi connectivity index (χ3n) is 4.96. The highest BCUT2D eigenvalue weighted by molar-refractivity contribution is 5.84. The minimum absolute atomic E-state index is 0.0824. The first-order valence-corrected chi connectivity index (χ1v) is 10.0. The van der Waals surface area contributed by atoms with Crippen LogP contribution in [0.3, 0.4) is 0 Å². The van der Waals surface area contributed by atoms with Gasteiger partial charge in [0.15, 0.2) is 5.82 Å². The number of nitrogens with one attached hydrogen (secondary N) is 1. The van der Waals surface area contributed by atoms with Crippen molar-refractivity contribution < 1.29 is 9.59 Å². The summed E-state index contributed by atoms with van der Waals surface area (Å²) in [6, 6.07) is 11.4. The number of aromatic nitrogens is 2. The number of rotatable bonds is 6. The van der Waals surface area contributed by atoms with Gasteiger partial charge in [-0.15, -0.1) is 5.10 Å². The summed E-state index contributed by atoms with van der Waals surface area (Å²) in [6.45, 7) is 8.58. The molecule has 0 radical (unpaired) electrons. The van der Waals surface area contributed by atoms with E-state index in [2.05, 4.69) is 26.5 Å². The molecule has 7 heteroatoms. The van der Waals surface area contributed by atoms with Gasteiger partial charge in [0.05, 0.1) is 5.69 Å². The number of hydrogen-bond acceptors (Lipinski definition) is 5. The normalized spacial score (nSPS) is 15.7. The quantitative estimate of drug-likeness (QED) is 0.761. The Labute approximate surface area is 172 Å². The predicted molar refractivity (Wildman–Crippen MR) is 113 cm³/mol. The van der Waals surface area contributed by atoms with Gasteiger partial charge in [-0.25, -0.2) is 0 Å². The average molecular weight is 396 g/mol. The maximum atomic E-state index is 12.4. The van der Waals surface area contributed by atoms with Gasteiger partial charge in [0.25, 0.3) is 0 Å². The molecule has 1 fully saturated rings. The Kier molecular flexibility index (Phi) is 6.59. The maximum absolute atomic E-state index is 12.4. The molecular formula is C22H29N5O2. The Morgan fingerprint density at radius 1 is 1.24 bits per heavy atom. The Morgan fingerprint density at radius 2 is 2.00 bits per heavy atom. The molecule has 2 heterocycles. The van der Waals surface area contributed by atoms with Crippen molar-refractivity contribution in [3.05, 3.63) is 48.2 Å². The van der Waals surface area contributed by atoms with Gasteiger partial charge in [-0.3, -0.25) is 19.4 Å². The molecule has 1 aliphatic rings. The fraction of sp³-hybridized carbons (Fsp3) is 0.455. The summed E-state index contributed by atoms with van der Waals surface area (Å²) in [5.74, 6) is 0.731. The van der Waals surface area contributed by atoms with Crippen LogP contribution < -0.4 is 10.2 Å². The Morgan fingerprint density at radius 3 is 2.62 bits per heavy atom. The zero-order valence-electron chi connectivity index (χ0n) is 17.3. The highest BCUT2D eigenvalue weighted by atomic mass is 16.2. The molecule has 3 rings (SSSR count). The second-order valence-electron chi connectivity index (χ2n) is 8.52. The van der Waals surface area contributed by atoms with E-state index in [0.717, 1.165) is 50.1 Å². The van der Waals surface area contributed by atoms with Gasteiger partial charge in [0, 0.05) is 24.2 Å². The molecular weight excluding hydrogens is 366 g/mol. The van der Waals surface area contributed by atoms with Crippen LogP contribution in [0, 0.1) is 5.92 Å². The van der Waals surface area contributed by atoms with Gasteiger partial charge in [-0.1, -0.05) is 12.1 Å². The Hall–Kier alpha value is -2.80. The zero-order valence-corrected chi connectivity index (χ0v) is 17.3. The van der Waals surface area contributed by atoms with E-state index in [-0.39, 0.29) is 17.4 Å². The molecule has 7 nitrogen and oxygen atoms in total. The lowest BCUT2D eigenvalue weighted by atomic mass is 9.94. The highest BCUT2D eigenvalue weighted by Crippen LogP contribution is 2.24. The van der Waals surface area contributed by atoms with Gasteiger partial charge in [-0.2, -0.15) is 5.10 Å². The van der Waals surface area contributed by atoms with Crippen molar-refractivity contribution >= 4 is 23.8 Å². The summed E-state index contributed by atoms with van der Waals surface area (Å²) in [5.41, 5.74) is 1.69. The average Bonchev–Trinajstić information content (AvgIpc) is 2.69. The summed E-state index contributed by atoms with van der Waals surface area (Å²) >= 11 is 0. The van der Waals surface area contributed by atoms with Crippen LogP contribution in [0.15, 0.2) is 42.6 Å². The molecule has 1 aliphatic heterocycles. The van der Waals surface area contributed by atoms with Crippen molar-refractivity contribution in [2.45, 2.75) is 45.7 Å². The SMILES string of the molecule is CC(C)(C)NC(=O)C1CCN(Cc2cccc(N(C=O)c3cccnn3)c2)CC1. The number of piperidine rings is 1. The lowest BCUT2D eigenvalue weighted by Crippen LogP contribution is -2.46. The number of anilines is 2. The van der Waals surface area contributed by atoms with Crippen LogP contribution in [0.2, 0.25) is 0 Å². The second kappa shape index (κ2) is 9.13. The van der Waals surface area contributed by atoms with Crippen molar-refractivity contribution in [1.29, 1.82) is 0 Å². The van der Waals surface area contributed by atoms with Crippen LogP contribution in [-0.2, 0) is 16.1 Å². The Balaban J connectivity index is 1.60. The maximum Gasteiger partial charge on any atom is 0.223 e. The summed E-state index contributed by atoms with van der Waals surface area (Å²) in [6.07, 6.45) is 4.06. The molecule has 1 aromatic heterocycles. The van der Waals surface area contributed by atoms with Gasteiger partial charge in [-0.05, 0) is 76.5 Å². The molecule has 0 aliphatic carbocycles. The van der Waals surface area contributed by atoms with Crippen LogP contribution in [0.5, 0.6) is 0 Å². The van der Waals surface area contributed by atoms with E-state index in [1.54, 1.807) is 18.3 Å². The van der Waals surface area contributed by atoms with E-state index in [0.29, 0.717) is 5.82 Å². The number of likely N-dealkylation sites (tertiary alicyclic amines) is 1. The topological polar surface area (TPSA) is 78.4 Å². The van der Waals surface area contributed by atoms with Crippen molar-refractivity contribution in [1.82, 2.24) is 20.4 Å². The number of hydrogen-bond donors (Lipinski definition) is 1. The third-order valence-corrected chi connectivity index (χ3v) is 4.96. The first kappa shape index (κ1) is 20.9. The summed E-state index contributed by atoms with van der Waals surface area (Å²) in [5, 5.41) is 11.0. The number of carbonyl (C=O) groups excluding carboxylic acids is 2. The fourth-order valence-corrected chi connectivity index (χ4v) is 3.56. The second-order valence-corrected chi connectivity index (χ2v) is 8.52. The van der Waals surface area contributed by atoms with Crippen molar-refractivity contribution in [2.75, 3.05) is 18.0 Å². The van der Waals surface area contributed by atoms with Crippen molar-refractivity contribution in [3.63, 3.8) is 0 Å². The molecule has 2 aromatic rings. The number of carbonyl (C=O) groups is 2. The summed E-state index contributed by atoms with van der Waals surface area (Å²) in [4.78, 5) is 27.8. The molecule has 0 saturated carbocycles. The molecule has 0 spiro atoms. The Bertz CT molecular complexity index is 827.